The Balaban J connectivity index is 1.53. The molecular weight excluding hydrogens is 304 g/mol. The van der Waals surface area contributed by atoms with Gasteiger partial charge >= 0.3 is 0 Å². The Hall–Kier alpha value is -1.72. The van der Waals surface area contributed by atoms with Crippen molar-refractivity contribution in [2.45, 2.75) is 51.2 Å². The predicted molar refractivity (Wildman–Crippen MR) is 91.2 cm³/mol. The minimum atomic E-state index is -0.916. The van der Waals surface area contributed by atoms with Gasteiger partial charge in [-0.25, -0.2) is 0 Å². The van der Waals surface area contributed by atoms with Crippen LogP contribution in [0.3, 0.4) is 0 Å². The molecular formula is C20H24O4. The summed E-state index contributed by atoms with van der Waals surface area (Å²) in [5, 5.41) is 10.1. The fourth-order valence-electron chi connectivity index (χ4n) is 2.84. The molecule has 0 aromatic heterocycles. The highest BCUT2D eigenvalue weighted by molar-refractivity contribution is 5.14. The molecule has 1 fully saturated rings. The molecule has 0 saturated carbocycles. The molecule has 3 rings (SSSR count). The Bertz CT molecular complexity index is 548. The van der Waals surface area contributed by atoms with Gasteiger partial charge in [-0.1, -0.05) is 60.7 Å². The fourth-order valence-corrected chi connectivity index (χ4v) is 2.84. The third-order valence-corrected chi connectivity index (χ3v) is 4.27. The first-order valence-electron chi connectivity index (χ1n) is 8.37. The Morgan fingerprint density at radius 3 is 1.92 bits per heavy atom. The van der Waals surface area contributed by atoms with Crippen molar-refractivity contribution in [2.75, 3.05) is 0 Å². The molecule has 1 aliphatic heterocycles. The molecule has 128 valence electrons. The van der Waals surface area contributed by atoms with E-state index < -0.39 is 6.29 Å². The number of hydrogen-bond donors (Lipinski definition) is 1. The summed E-state index contributed by atoms with van der Waals surface area (Å²) in [4.78, 5) is 0. The molecule has 2 aromatic rings. The second-order valence-corrected chi connectivity index (χ2v) is 6.14. The topological polar surface area (TPSA) is 47.9 Å². The minimum Gasteiger partial charge on any atom is -0.371 e. The van der Waals surface area contributed by atoms with E-state index in [9.17, 15) is 5.11 Å². The summed E-state index contributed by atoms with van der Waals surface area (Å²) in [5.41, 5.74) is 2.20. The lowest BCUT2D eigenvalue weighted by atomic mass is 10.0. The van der Waals surface area contributed by atoms with Crippen molar-refractivity contribution in [2.24, 2.45) is 0 Å². The van der Waals surface area contributed by atoms with Crippen LogP contribution in [0, 0.1) is 0 Å². The van der Waals surface area contributed by atoms with Gasteiger partial charge in [0.25, 0.3) is 0 Å². The Kier molecular flexibility index (Phi) is 5.99. The molecule has 0 bridgehead atoms. The molecule has 2 unspecified atom stereocenters. The van der Waals surface area contributed by atoms with E-state index in [2.05, 4.69) is 0 Å². The largest absolute Gasteiger partial charge is 0.371 e. The van der Waals surface area contributed by atoms with Gasteiger partial charge in [0.1, 0.15) is 6.10 Å². The average Bonchev–Trinajstić information content (AvgIpc) is 2.62. The maximum absolute atomic E-state index is 10.1. The normalized spacial score (nSPS) is 27.1. The van der Waals surface area contributed by atoms with Gasteiger partial charge in [0.15, 0.2) is 6.29 Å². The lowest BCUT2D eigenvalue weighted by molar-refractivity contribution is -0.262. The molecule has 0 amide bonds. The predicted octanol–water partition coefficient (Wildman–Crippen LogP) is 3.28. The van der Waals surface area contributed by atoms with E-state index >= 15 is 0 Å². The molecule has 0 radical (unpaired) electrons. The first-order chi connectivity index (χ1) is 11.7. The molecule has 4 nitrogen and oxygen atoms in total. The van der Waals surface area contributed by atoms with Crippen LogP contribution >= 0.6 is 0 Å². The number of hydrogen-bond acceptors (Lipinski definition) is 4. The quantitative estimate of drug-likeness (QED) is 0.884. The number of ether oxygens (including phenoxy) is 3. The standard InChI is InChI=1S/C20H24O4/c1-15-18(22-13-16-8-4-2-5-9-16)12-19(20(21)24-15)23-14-17-10-6-3-7-11-17/h2-11,15,18-21H,12-14H2,1H3/t15?,18-,19?,20-/m0/s1. The first kappa shape index (κ1) is 17.1. The maximum Gasteiger partial charge on any atom is 0.181 e. The molecule has 2 aromatic carbocycles. The molecule has 1 heterocycles. The Morgan fingerprint density at radius 2 is 1.38 bits per heavy atom. The number of aliphatic hydroxyl groups excluding tert-OH is 1. The van der Waals surface area contributed by atoms with Gasteiger partial charge in [0.05, 0.1) is 25.4 Å². The van der Waals surface area contributed by atoms with Gasteiger partial charge in [-0.15, -0.1) is 0 Å². The third kappa shape index (κ3) is 4.65. The van der Waals surface area contributed by atoms with Crippen LogP contribution < -0.4 is 0 Å². The lowest BCUT2D eigenvalue weighted by Gasteiger charge is -2.37. The van der Waals surface area contributed by atoms with E-state index in [-0.39, 0.29) is 18.3 Å². The lowest BCUT2D eigenvalue weighted by Crippen LogP contribution is -2.48. The van der Waals surface area contributed by atoms with Gasteiger partial charge in [0.2, 0.25) is 0 Å². The van der Waals surface area contributed by atoms with Gasteiger partial charge in [0, 0.05) is 6.42 Å². The summed E-state index contributed by atoms with van der Waals surface area (Å²) >= 11 is 0. The Morgan fingerprint density at radius 1 is 0.875 bits per heavy atom. The average molecular weight is 328 g/mol. The van der Waals surface area contributed by atoms with Crippen molar-refractivity contribution in [3.63, 3.8) is 0 Å². The summed E-state index contributed by atoms with van der Waals surface area (Å²) in [6.07, 6.45) is -0.959. The van der Waals surface area contributed by atoms with Gasteiger partial charge in [-0.3, -0.25) is 0 Å². The summed E-state index contributed by atoms with van der Waals surface area (Å²) in [6, 6.07) is 20.0. The van der Waals surface area contributed by atoms with Crippen molar-refractivity contribution in [1.82, 2.24) is 0 Å². The van der Waals surface area contributed by atoms with E-state index in [4.69, 9.17) is 14.2 Å². The zero-order chi connectivity index (χ0) is 16.8. The minimum absolute atomic E-state index is 0.102. The van der Waals surface area contributed by atoms with E-state index in [0.717, 1.165) is 11.1 Å². The van der Waals surface area contributed by atoms with Crippen molar-refractivity contribution in [1.29, 1.82) is 0 Å². The molecule has 1 N–H and O–H groups in total. The monoisotopic (exact) mass is 328 g/mol. The summed E-state index contributed by atoms with van der Waals surface area (Å²) < 4.78 is 17.4. The van der Waals surface area contributed by atoms with Crippen molar-refractivity contribution >= 4 is 0 Å². The van der Waals surface area contributed by atoms with E-state index in [0.29, 0.717) is 19.6 Å². The van der Waals surface area contributed by atoms with Crippen LogP contribution in [0.5, 0.6) is 0 Å². The molecule has 4 atom stereocenters. The van der Waals surface area contributed by atoms with Crippen LogP contribution in [0.15, 0.2) is 60.7 Å². The molecule has 0 aliphatic carbocycles. The van der Waals surface area contributed by atoms with Gasteiger partial charge < -0.3 is 19.3 Å². The second-order valence-electron chi connectivity index (χ2n) is 6.14. The maximum atomic E-state index is 10.1. The van der Waals surface area contributed by atoms with Crippen LogP contribution in [0.4, 0.5) is 0 Å². The zero-order valence-corrected chi connectivity index (χ0v) is 13.9. The van der Waals surface area contributed by atoms with Crippen LogP contribution in [-0.2, 0) is 27.4 Å². The molecule has 24 heavy (non-hydrogen) atoms. The van der Waals surface area contributed by atoms with Crippen molar-refractivity contribution in [3.8, 4) is 0 Å². The highest BCUT2D eigenvalue weighted by Crippen LogP contribution is 2.25. The fraction of sp³-hybridized carbons (Fsp3) is 0.400. The molecule has 4 heteroatoms. The summed E-state index contributed by atoms with van der Waals surface area (Å²) in [5.74, 6) is 0. The van der Waals surface area contributed by atoms with Crippen LogP contribution in [-0.4, -0.2) is 29.7 Å². The van der Waals surface area contributed by atoms with Crippen LogP contribution in [0.1, 0.15) is 24.5 Å². The molecule has 1 saturated heterocycles. The SMILES string of the molecule is CC1O[C@H](O)C(OCc2ccccc2)C[C@@H]1OCc1ccccc1. The van der Waals surface area contributed by atoms with Crippen molar-refractivity contribution in [3.05, 3.63) is 71.8 Å². The first-order valence-corrected chi connectivity index (χ1v) is 8.37. The highest BCUT2D eigenvalue weighted by atomic mass is 16.7. The van der Waals surface area contributed by atoms with Crippen LogP contribution in [0.2, 0.25) is 0 Å². The smallest absolute Gasteiger partial charge is 0.181 e. The third-order valence-electron chi connectivity index (χ3n) is 4.27. The van der Waals surface area contributed by atoms with Crippen molar-refractivity contribution < 1.29 is 19.3 Å². The number of aliphatic hydroxyl groups is 1. The summed E-state index contributed by atoms with van der Waals surface area (Å²) in [7, 11) is 0. The van der Waals surface area contributed by atoms with E-state index in [1.54, 1.807) is 0 Å². The Labute approximate surface area is 143 Å². The van der Waals surface area contributed by atoms with E-state index in [1.165, 1.54) is 0 Å². The van der Waals surface area contributed by atoms with Gasteiger partial charge in [-0.05, 0) is 18.1 Å². The summed E-state index contributed by atoms with van der Waals surface area (Å²) in [6.45, 7) is 2.90. The second kappa shape index (κ2) is 8.40. The zero-order valence-electron chi connectivity index (χ0n) is 13.9. The van der Waals surface area contributed by atoms with E-state index in [1.807, 2.05) is 67.6 Å². The highest BCUT2D eigenvalue weighted by Gasteiger charge is 2.36. The molecule has 1 aliphatic rings. The van der Waals surface area contributed by atoms with Crippen LogP contribution in [0.25, 0.3) is 0 Å². The molecule has 0 spiro atoms. The number of benzene rings is 2. The van der Waals surface area contributed by atoms with Gasteiger partial charge in [-0.2, -0.15) is 0 Å². The number of rotatable bonds is 6.